The first-order chi connectivity index (χ1) is 20.2. The summed E-state index contributed by atoms with van der Waals surface area (Å²) >= 11 is 0. The molecular formula is C34H51N3O5. The maximum Gasteiger partial charge on any atom is 0.243 e. The second-order valence-electron chi connectivity index (χ2n) is 12.8. The predicted octanol–water partition coefficient (Wildman–Crippen LogP) is 4.83. The summed E-state index contributed by atoms with van der Waals surface area (Å²) in [5.74, 6) is -1.76. The normalized spacial score (nSPS) is 18.2. The van der Waals surface area contributed by atoms with Crippen LogP contribution in [-0.4, -0.2) is 47.4 Å². The average Bonchev–Trinajstić information content (AvgIpc) is 3.52. The van der Waals surface area contributed by atoms with Crippen LogP contribution >= 0.6 is 0 Å². The number of amides is 3. The van der Waals surface area contributed by atoms with E-state index in [1.165, 1.54) is 6.42 Å². The van der Waals surface area contributed by atoms with Crippen molar-refractivity contribution in [1.29, 1.82) is 0 Å². The average molecular weight is 582 g/mol. The number of nitrogens with one attached hydrogen (secondary N) is 3. The summed E-state index contributed by atoms with van der Waals surface area (Å²) in [6, 6.07) is 6.87. The zero-order valence-corrected chi connectivity index (χ0v) is 25.8. The molecule has 0 bridgehead atoms. The third kappa shape index (κ3) is 10.7. The van der Waals surface area contributed by atoms with Gasteiger partial charge in [0.2, 0.25) is 29.3 Å². The van der Waals surface area contributed by atoms with Crippen LogP contribution in [0.25, 0.3) is 0 Å². The lowest BCUT2D eigenvalue weighted by molar-refractivity contribution is -0.140. The minimum absolute atomic E-state index is 0.0796. The van der Waals surface area contributed by atoms with Crippen LogP contribution in [0.5, 0.6) is 0 Å². The second-order valence-corrected chi connectivity index (χ2v) is 12.8. The summed E-state index contributed by atoms with van der Waals surface area (Å²) in [6.45, 7) is 5.78. The topological polar surface area (TPSA) is 121 Å². The minimum Gasteiger partial charge on any atom is -0.344 e. The van der Waals surface area contributed by atoms with E-state index >= 15 is 0 Å². The number of hydrogen-bond acceptors (Lipinski definition) is 5. The van der Waals surface area contributed by atoms with Crippen LogP contribution < -0.4 is 16.0 Å². The van der Waals surface area contributed by atoms with Gasteiger partial charge in [-0.15, -0.1) is 0 Å². The molecule has 2 saturated carbocycles. The molecule has 0 aliphatic heterocycles. The fourth-order valence-electron chi connectivity index (χ4n) is 6.32. The SMILES string of the molecule is CCCC(=O)C(=O)[C@@H](CC1CCCCC1)NC(=O)[C@H](CC(C)C)NC(=O)[C@H](Cc1ccccc1)NC(=O)C1CCCC1. The highest BCUT2D eigenvalue weighted by molar-refractivity contribution is 6.39. The van der Waals surface area contributed by atoms with E-state index in [1.807, 2.05) is 51.1 Å². The molecule has 0 unspecified atom stereocenters. The lowest BCUT2D eigenvalue weighted by Crippen LogP contribution is -2.57. The number of ketones is 2. The molecule has 2 aliphatic carbocycles. The quantitative estimate of drug-likeness (QED) is 0.242. The molecule has 3 N–H and O–H groups in total. The van der Waals surface area contributed by atoms with Crippen molar-refractivity contribution in [2.75, 3.05) is 0 Å². The van der Waals surface area contributed by atoms with Gasteiger partial charge >= 0.3 is 0 Å². The Morgan fingerprint density at radius 3 is 1.98 bits per heavy atom. The molecule has 0 spiro atoms. The van der Waals surface area contributed by atoms with Crippen molar-refractivity contribution < 1.29 is 24.0 Å². The molecule has 8 heteroatoms. The highest BCUT2D eigenvalue weighted by Crippen LogP contribution is 2.28. The molecule has 0 saturated heterocycles. The molecule has 3 atom stereocenters. The molecule has 0 heterocycles. The van der Waals surface area contributed by atoms with Crippen LogP contribution in [0.2, 0.25) is 0 Å². The van der Waals surface area contributed by atoms with Gasteiger partial charge in [0.15, 0.2) is 0 Å². The Morgan fingerprint density at radius 2 is 1.36 bits per heavy atom. The lowest BCUT2D eigenvalue weighted by Gasteiger charge is -2.29. The summed E-state index contributed by atoms with van der Waals surface area (Å²) in [5.41, 5.74) is 0.904. The van der Waals surface area contributed by atoms with E-state index in [9.17, 15) is 24.0 Å². The van der Waals surface area contributed by atoms with E-state index in [2.05, 4.69) is 16.0 Å². The van der Waals surface area contributed by atoms with Gasteiger partial charge in [-0.1, -0.05) is 96.0 Å². The van der Waals surface area contributed by atoms with Crippen molar-refractivity contribution in [3.8, 4) is 0 Å². The van der Waals surface area contributed by atoms with Crippen molar-refractivity contribution in [1.82, 2.24) is 16.0 Å². The van der Waals surface area contributed by atoms with Gasteiger partial charge in [0.05, 0.1) is 6.04 Å². The first-order valence-corrected chi connectivity index (χ1v) is 16.2. The lowest BCUT2D eigenvalue weighted by atomic mass is 9.83. The first kappa shape index (κ1) is 33.5. The Kier molecular flexibility index (Phi) is 13.7. The predicted molar refractivity (Wildman–Crippen MR) is 163 cm³/mol. The third-order valence-electron chi connectivity index (χ3n) is 8.66. The zero-order chi connectivity index (χ0) is 30.5. The van der Waals surface area contributed by atoms with Gasteiger partial charge in [-0.25, -0.2) is 0 Å². The number of carbonyl (C=O) groups is 5. The van der Waals surface area contributed by atoms with Crippen LogP contribution in [0, 0.1) is 17.8 Å². The van der Waals surface area contributed by atoms with Crippen LogP contribution in [0.4, 0.5) is 0 Å². The van der Waals surface area contributed by atoms with Gasteiger partial charge in [0.25, 0.3) is 0 Å². The monoisotopic (exact) mass is 581 g/mol. The highest BCUT2D eigenvalue weighted by atomic mass is 16.2. The molecule has 2 fully saturated rings. The van der Waals surface area contributed by atoms with E-state index in [4.69, 9.17) is 0 Å². The first-order valence-electron chi connectivity index (χ1n) is 16.2. The Morgan fingerprint density at radius 1 is 0.762 bits per heavy atom. The summed E-state index contributed by atoms with van der Waals surface area (Å²) in [4.78, 5) is 66.2. The fraction of sp³-hybridized carbons (Fsp3) is 0.676. The molecule has 8 nitrogen and oxygen atoms in total. The number of carbonyl (C=O) groups excluding carboxylic acids is 5. The third-order valence-corrected chi connectivity index (χ3v) is 8.66. The molecular weight excluding hydrogens is 530 g/mol. The summed E-state index contributed by atoms with van der Waals surface area (Å²) < 4.78 is 0. The largest absolute Gasteiger partial charge is 0.344 e. The Bertz CT molecular complexity index is 1040. The smallest absolute Gasteiger partial charge is 0.243 e. The van der Waals surface area contributed by atoms with Crippen molar-refractivity contribution in [2.45, 2.75) is 129 Å². The maximum absolute atomic E-state index is 13.7. The standard InChI is InChI=1S/C34H51N3O5/c1-4-13-30(38)31(39)27(21-24-14-7-5-8-15-24)35-33(41)28(20-23(2)3)37-34(42)29(22-25-16-9-6-10-17-25)36-32(40)26-18-11-12-19-26/h6,9-10,16-17,23-24,26-29H,4-5,7-8,11-15,18-22H2,1-3H3,(H,35,41)(H,36,40)(H,37,42)/t27-,28+,29+/m1/s1. The van der Waals surface area contributed by atoms with Gasteiger partial charge in [-0.05, 0) is 49.5 Å². The highest BCUT2D eigenvalue weighted by Gasteiger charge is 2.34. The van der Waals surface area contributed by atoms with Crippen molar-refractivity contribution in [3.05, 3.63) is 35.9 Å². The van der Waals surface area contributed by atoms with E-state index < -0.39 is 41.5 Å². The van der Waals surface area contributed by atoms with E-state index in [1.54, 1.807) is 0 Å². The van der Waals surface area contributed by atoms with Crippen LogP contribution in [0.1, 0.15) is 110 Å². The molecule has 0 aromatic heterocycles. The number of rotatable bonds is 16. The molecule has 3 amide bonds. The fourth-order valence-corrected chi connectivity index (χ4v) is 6.32. The van der Waals surface area contributed by atoms with Crippen molar-refractivity contribution in [2.24, 2.45) is 17.8 Å². The molecule has 2 aliphatic rings. The Labute approximate surface area is 251 Å². The molecule has 1 aromatic rings. The van der Waals surface area contributed by atoms with Crippen molar-refractivity contribution in [3.63, 3.8) is 0 Å². The van der Waals surface area contributed by atoms with Crippen molar-refractivity contribution >= 4 is 29.3 Å². The Hall–Kier alpha value is -3.03. The van der Waals surface area contributed by atoms with Gasteiger partial charge in [0, 0.05) is 18.8 Å². The summed E-state index contributed by atoms with van der Waals surface area (Å²) in [5, 5.41) is 8.75. The summed E-state index contributed by atoms with van der Waals surface area (Å²) in [6.07, 6.45) is 10.8. The number of hydrogen-bond donors (Lipinski definition) is 3. The zero-order valence-electron chi connectivity index (χ0n) is 25.8. The molecule has 1 aromatic carbocycles. The Balaban J connectivity index is 1.76. The minimum atomic E-state index is -0.901. The second kappa shape index (κ2) is 17.2. The van der Waals surface area contributed by atoms with Crippen LogP contribution in [0.3, 0.4) is 0 Å². The summed E-state index contributed by atoms with van der Waals surface area (Å²) in [7, 11) is 0. The van der Waals surface area contributed by atoms with E-state index in [0.717, 1.165) is 56.9 Å². The van der Waals surface area contributed by atoms with E-state index in [0.29, 0.717) is 25.7 Å². The van der Waals surface area contributed by atoms with Crippen LogP contribution in [-0.2, 0) is 30.4 Å². The molecule has 42 heavy (non-hydrogen) atoms. The molecule has 232 valence electrons. The maximum atomic E-state index is 13.7. The number of benzene rings is 1. The van der Waals surface area contributed by atoms with E-state index in [-0.39, 0.29) is 30.1 Å². The van der Waals surface area contributed by atoms with Crippen LogP contribution in [0.15, 0.2) is 30.3 Å². The number of Topliss-reactive ketones (excluding diaryl/α,β-unsaturated/α-hetero) is 2. The van der Waals surface area contributed by atoms with Gasteiger partial charge < -0.3 is 16.0 Å². The van der Waals surface area contributed by atoms with Gasteiger partial charge in [0.1, 0.15) is 12.1 Å². The van der Waals surface area contributed by atoms with Gasteiger partial charge in [-0.2, -0.15) is 0 Å². The van der Waals surface area contributed by atoms with Gasteiger partial charge in [-0.3, -0.25) is 24.0 Å². The molecule has 0 radical (unpaired) electrons. The molecule has 3 rings (SSSR count).